The van der Waals surface area contributed by atoms with Crippen LogP contribution in [0.3, 0.4) is 0 Å². The van der Waals surface area contributed by atoms with E-state index in [2.05, 4.69) is 37.1 Å². The van der Waals surface area contributed by atoms with Gasteiger partial charge in [0.15, 0.2) is 6.23 Å². The maximum atomic E-state index is 11.7. The first kappa shape index (κ1) is 18.7. The lowest BCUT2D eigenvalue weighted by molar-refractivity contribution is -0.164. The lowest BCUT2D eigenvalue weighted by atomic mass is 10.0. The molecule has 1 heterocycles. The molecule has 0 aliphatic carbocycles. The van der Waals surface area contributed by atoms with E-state index < -0.39 is 0 Å². The predicted molar refractivity (Wildman–Crippen MR) is 85.4 cm³/mol. The molecule has 0 bridgehead atoms. The van der Waals surface area contributed by atoms with Gasteiger partial charge in [-0.15, -0.1) is 13.2 Å². The quantitative estimate of drug-likeness (QED) is 0.577. The molecule has 3 heteroatoms. The highest BCUT2D eigenvalue weighted by Crippen LogP contribution is 2.23. The number of esters is 1. The molecule has 1 fully saturated rings. The van der Waals surface area contributed by atoms with Gasteiger partial charge in [-0.05, 0) is 19.9 Å². The Kier molecular flexibility index (Phi) is 9.73. The zero-order valence-corrected chi connectivity index (χ0v) is 13.4. The molecule has 1 aliphatic heterocycles. The zero-order valence-electron chi connectivity index (χ0n) is 13.4. The summed E-state index contributed by atoms with van der Waals surface area (Å²) in [6, 6.07) is 0. The van der Waals surface area contributed by atoms with Gasteiger partial charge in [-0.3, -0.25) is 9.69 Å². The Labute approximate surface area is 124 Å². The number of hydrogen-bond donors (Lipinski definition) is 0. The fourth-order valence-electron chi connectivity index (χ4n) is 2.02. The van der Waals surface area contributed by atoms with Crippen LogP contribution in [0, 0.1) is 5.92 Å². The van der Waals surface area contributed by atoms with Crippen molar-refractivity contribution in [1.82, 2.24) is 4.90 Å². The summed E-state index contributed by atoms with van der Waals surface area (Å²) in [4.78, 5) is 13.9. The van der Waals surface area contributed by atoms with Gasteiger partial charge in [0.05, 0.1) is 5.92 Å². The molecular weight excluding hydrogens is 250 g/mol. The number of nitrogens with zero attached hydrogens (tertiary/aromatic N) is 1. The van der Waals surface area contributed by atoms with E-state index in [1.807, 2.05) is 26.8 Å². The van der Waals surface area contributed by atoms with Crippen LogP contribution in [-0.2, 0) is 9.53 Å². The molecule has 1 saturated heterocycles. The summed E-state index contributed by atoms with van der Waals surface area (Å²) < 4.78 is 5.59. The van der Waals surface area contributed by atoms with Crippen molar-refractivity contribution in [3.63, 3.8) is 0 Å². The Morgan fingerprint density at radius 2 is 2.15 bits per heavy atom. The van der Waals surface area contributed by atoms with E-state index in [0.717, 1.165) is 25.9 Å². The fraction of sp³-hybridized carbons (Fsp3) is 0.588. The highest BCUT2D eigenvalue weighted by atomic mass is 16.6. The van der Waals surface area contributed by atoms with E-state index in [1.54, 1.807) is 0 Å². The van der Waals surface area contributed by atoms with Crippen molar-refractivity contribution in [2.24, 2.45) is 5.92 Å². The second-order valence-corrected chi connectivity index (χ2v) is 4.98. The third kappa shape index (κ3) is 6.20. The van der Waals surface area contributed by atoms with Crippen molar-refractivity contribution in [2.75, 3.05) is 13.1 Å². The minimum atomic E-state index is -0.106. The average molecular weight is 279 g/mol. The van der Waals surface area contributed by atoms with Crippen LogP contribution in [0.1, 0.15) is 40.5 Å². The topological polar surface area (TPSA) is 29.5 Å². The van der Waals surface area contributed by atoms with Crippen LogP contribution in [0.15, 0.2) is 37.0 Å². The van der Waals surface area contributed by atoms with Gasteiger partial charge in [0.1, 0.15) is 0 Å². The Morgan fingerprint density at radius 3 is 2.65 bits per heavy atom. The molecule has 1 rings (SSSR count). The molecule has 0 aromatic heterocycles. The summed E-state index contributed by atoms with van der Waals surface area (Å²) >= 11 is 0. The smallest absolute Gasteiger partial charge is 0.309 e. The molecule has 1 unspecified atom stereocenters. The monoisotopic (exact) mass is 279 g/mol. The third-order valence-electron chi connectivity index (χ3n) is 3.22. The minimum Gasteiger partial charge on any atom is -0.446 e. The van der Waals surface area contributed by atoms with E-state index in [9.17, 15) is 4.79 Å². The van der Waals surface area contributed by atoms with Gasteiger partial charge in [0, 0.05) is 13.0 Å². The summed E-state index contributed by atoms with van der Waals surface area (Å²) in [5.74, 6) is -0.167. The number of hydrogen-bond acceptors (Lipinski definition) is 3. The van der Waals surface area contributed by atoms with Crippen LogP contribution < -0.4 is 0 Å². The first-order chi connectivity index (χ1) is 9.58. The normalized spacial score (nSPS) is 21.9. The van der Waals surface area contributed by atoms with Crippen LogP contribution in [0.2, 0.25) is 0 Å². The van der Waals surface area contributed by atoms with E-state index in [0.29, 0.717) is 0 Å². The SMILES string of the molecule is C/C=C\C=C1\CCN(CC)C(OC(=O)C(C)C)C1.C=C. The highest BCUT2D eigenvalue weighted by Gasteiger charge is 2.27. The molecule has 0 amide bonds. The average Bonchev–Trinajstić information content (AvgIpc) is 2.47. The standard InChI is InChI=1S/C15H25NO2.C2H4/c1-5-7-8-13-9-10-16(6-2)14(11-13)18-15(17)12(3)4;1-2/h5,7-8,12,14H,6,9-11H2,1-4H3;1-2H2/b7-5-,13-8-;. The first-order valence-corrected chi connectivity index (χ1v) is 7.33. The molecule has 1 aliphatic rings. The lowest BCUT2D eigenvalue weighted by Crippen LogP contribution is -2.43. The lowest BCUT2D eigenvalue weighted by Gasteiger charge is -2.35. The minimum absolute atomic E-state index is 0.0615. The number of allylic oxidation sites excluding steroid dienone is 3. The first-order valence-electron chi connectivity index (χ1n) is 7.33. The van der Waals surface area contributed by atoms with Crippen LogP contribution in [-0.4, -0.2) is 30.2 Å². The summed E-state index contributed by atoms with van der Waals surface area (Å²) in [5, 5.41) is 0. The Balaban J connectivity index is 0.00000172. The van der Waals surface area contributed by atoms with Crippen LogP contribution in [0.25, 0.3) is 0 Å². The van der Waals surface area contributed by atoms with Gasteiger partial charge in [0.25, 0.3) is 0 Å². The molecule has 0 spiro atoms. The van der Waals surface area contributed by atoms with Crippen molar-refractivity contribution in [3.05, 3.63) is 37.0 Å². The summed E-state index contributed by atoms with van der Waals surface area (Å²) in [5.41, 5.74) is 1.36. The van der Waals surface area contributed by atoms with E-state index in [-0.39, 0.29) is 18.1 Å². The van der Waals surface area contributed by atoms with E-state index in [4.69, 9.17) is 4.74 Å². The molecule has 114 valence electrons. The van der Waals surface area contributed by atoms with Gasteiger partial charge in [0.2, 0.25) is 0 Å². The Hall–Kier alpha value is -1.35. The summed E-state index contributed by atoms with van der Waals surface area (Å²) in [7, 11) is 0. The third-order valence-corrected chi connectivity index (χ3v) is 3.22. The Morgan fingerprint density at radius 1 is 1.50 bits per heavy atom. The van der Waals surface area contributed by atoms with E-state index >= 15 is 0 Å². The number of rotatable bonds is 4. The summed E-state index contributed by atoms with van der Waals surface area (Å²) in [6.07, 6.45) is 8.02. The van der Waals surface area contributed by atoms with Gasteiger partial charge in [-0.1, -0.05) is 44.6 Å². The number of carbonyl (C=O) groups is 1. The molecule has 0 aromatic rings. The molecule has 20 heavy (non-hydrogen) atoms. The van der Waals surface area contributed by atoms with Crippen molar-refractivity contribution >= 4 is 5.97 Å². The van der Waals surface area contributed by atoms with Gasteiger partial charge >= 0.3 is 5.97 Å². The largest absolute Gasteiger partial charge is 0.446 e. The Bertz CT molecular complexity index is 345. The fourth-order valence-corrected chi connectivity index (χ4v) is 2.02. The van der Waals surface area contributed by atoms with Crippen molar-refractivity contribution in [1.29, 1.82) is 0 Å². The second kappa shape index (κ2) is 10.4. The molecule has 3 nitrogen and oxygen atoms in total. The van der Waals surface area contributed by atoms with Crippen molar-refractivity contribution < 1.29 is 9.53 Å². The van der Waals surface area contributed by atoms with Gasteiger partial charge in [-0.2, -0.15) is 0 Å². The van der Waals surface area contributed by atoms with E-state index in [1.165, 1.54) is 5.57 Å². The maximum Gasteiger partial charge on any atom is 0.309 e. The number of piperidine rings is 1. The predicted octanol–water partition coefficient (Wildman–Crippen LogP) is 3.93. The molecule has 1 atom stereocenters. The molecular formula is C17H29NO2. The number of carbonyl (C=O) groups excluding carboxylic acids is 1. The molecule has 0 aromatic carbocycles. The summed E-state index contributed by atoms with van der Waals surface area (Å²) in [6.45, 7) is 15.8. The maximum absolute atomic E-state index is 11.7. The number of ether oxygens (including phenoxy) is 1. The highest BCUT2D eigenvalue weighted by molar-refractivity contribution is 5.71. The van der Waals surface area contributed by atoms with Gasteiger partial charge < -0.3 is 4.74 Å². The molecule has 0 N–H and O–H groups in total. The van der Waals surface area contributed by atoms with Crippen molar-refractivity contribution in [3.8, 4) is 0 Å². The van der Waals surface area contributed by atoms with Crippen molar-refractivity contribution in [2.45, 2.75) is 46.8 Å². The zero-order chi connectivity index (χ0) is 15.5. The second-order valence-electron chi connectivity index (χ2n) is 4.98. The van der Waals surface area contributed by atoms with Gasteiger partial charge in [-0.25, -0.2) is 0 Å². The molecule has 0 saturated carbocycles. The van der Waals surface area contributed by atoms with Crippen LogP contribution in [0.4, 0.5) is 0 Å². The number of likely N-dealkylation sites (tertiary alicyclic amines) is 1. The molecule has 0 radical (unpaired) electrons. The van der Waals surface area contributed by atoms with Crippen LogP contribution >= 0.6 is 0 Å². The van der Waals surface area contributed by atoms with Crippen LogP contribution in [0.5, 0.6) is 0 Å².